The molecular weight excluding hydrogens is 1590 g/mol. The van der Waals surface area contributed by atoms with Crippen LogP contribution in [0.1, 0.15) is 31.1 Å². The van der Waals surface area contributed by atoms with Crippen LogP contribution in [0.5, 0.6) is 0 Å². The van der Waals surface area contributed by atoms with Crippen LogP contribution in [0.25, 0.3) is 11.2 Å². The summed E-state index contributed by atoms with van der Waals surface area (Å²) >= 11 is 14.5. The maximum absolute atomic E-state index is 17.7. The monoisotopic (exact) mass is 1660 g/mol. The van der Waals surface area contributed by atoms with Gasteiger partial charge in [-0.25, -0.2) is 55.2 Å². The highest BCUT2D eigenvalue weighted by Gasteiger charge is 2.57. The Bertz CT molecular complexity index is 4930. The number of fused-ring (bicyclic) bond motifs is 1. The van der Waals surface area contributed by atoms with E-state index in [-0.39, 0.29) is 53.6 Å². The van der Waals surface area contributed by atoms with Gasteiger partial charge in [0.05, 0.1) is 39.4 Å². The molecule has 6 saturated heterocycles. The molecule has 6 aromatic heterocycles. The summed E-state index contributed by atoms with van der Waals surface area (Å²) in [5.41, 5.74) is 15.6. The molecule has 0 aliphatic carbocycles. The molecule has 6 fully saturated rings. The maximum atomic E-state index is 17.7. The van der Waals surface area contributed by atoms with E-state index >= 15 is 26.5 Å². The second-order valence-corrected chi connectivity index (χ2v) is 34.3. The fourth-order valence-electron chi connectivity index (χ4n) is 11.9. The Morgan fingerprint density at radius 3 is 1.46 bits per heavy atom. The molecule has 107 heavy (non-hydrogen) atoms. The number of nitrogens with one attached hydrogen (secondary N) is 2. The summed E-state index contributed by atoms with van der Waals surface area (Å²) in [7, 11) is -2.63. The number of thiol groups is 1. The summed E-state index contributed by atoms with van der Waals surface area (Å²) in [4.78, 5) is 126. The standard InChI is InChI=1S/C51H64F5N19O25P4S3/c1-69-11-12-70(2)47(69)68-101(84,88-15-21-37(31(55)44(94-21)73-9-5-26(59)64-50(73)82)99-102(85,105)89-14-20-34(78)28(52)41(93-20)75-18-61-33-39(75)66-46(60)67-40(33)79)97-36-22(95-43(30(36)54)72-8-4-25(58)63-49(72)81)16-90-104(87,107)100-38-23(96-45(32(38)56)74-10-6-27(77)65-51(74)83)17-91-103(86,106)98-35-19(13-76)92-42(29(35)53)71-7-3-24(57)62-48(71)80/h3-10,18-23,28-32,34-38,41-45,76,78H,11-17H2,1-2H3,(H,85,105)(H,86,106)(H,87,107)(H2,57,62,80)(H2,58,63,81)(H2,59,64,82)(H,65,77,83)(H3,60,66,67,79)/t19-,20-,21-,22-,23-,28-,29-,30-,31-,32-,34-,35-,36-,37-,38-,41-,42-,43-,44-,45-,101-,102?,103?,104?/m1/s1. The highest BCUT2D eigenvalue weighted by atomic mass is 32.7. The van der Waals surface area contributed by atoms with Gasteiger partial charge in [-0.3, -0.25) is 69.5 Å². The van der Waals surface area contributed by atoms with Crippen molar-refractivity contribution >= 4 is 104 Å². The number of H-pyrrole nitrogens is 2. The zero-order chi connectivity index (χ0) is 77.3. The van der Waals surface area contributed by atoms with Gasteiger partial charge < -0.3 is 85.5 Å². The molecule has 56 heteroatoms. The molecule has 6 aliphatic heterocycles. The number of halogens is 5. The minimum atomic E-state index is -5.58. The van der Waals surface area contributed by atoms with E-state index < -0.39 is 218 Å². The van der Waals surface area contributed by atoms with Crippen molar-refractivity contribution in [2.45, 2.75) is 123 Å². The number of nitrogen functional groups attached to an aromatic ring is 4. The van der Waals surface area contributed by atoms with E-state index in [9.17, 15) is 53.3 Å². The number of nitrogens with zero attached hydrogens (tertiary/aromatic N) is 13. The fourth-order valence-corrected chi connectivity index (χ4v) is 17.9. The van der Waals surface area contributed by atoms with Gasteiger partial charge in [0.1, 0.15) is 78.5 Å². The minimum absolute atomic E-state index is 0.177. The quantitative estimate of drug-likeness (QED) is 0.0147. The minimum Gasteiger partial charge on any atom is -0.394 e. The summed E-state index contributed by atoms with van der Waals surface area (Å²) in [6.07, 6.45) is -38.6. The van der Waals surface area contributed by atoms with Crippen molar-refractivity contribution in [1.82, 2.24) is 67.5 Å². The lowest BCUT2D eigenvalue weighted by molar-refractivity contribution is -0.0578. The number of guanidine groups is 1. The number of aliphatic hydroxyl groups excluding tert-OH is 2. The number of rotatable bonds is 27. The normalized spacial score (nSPS) is 32.5. The molecule has 0 bridgehead atoms. The Labute approximate surface area is 609 Å². The number of hydrogen-bond acceptors (Lipinski definition) is 34. The van der Waals surface area contributed by atoms with E-state index in [1.165, 1.54) is 23.9 Å². The summed E-state index contributed by atoms with van der Waals surface area (Å²) in [6, 6.07) is 4.02. The SMILES string of the molecule is CN1CCN(C)C1=N[P@@](=O)(OC[C@H]1O[C@@H](n2ccc(N)nc2=O)[C@H](F)[C@@H]1OP(O)(=S)OC[C@H]1O[C@@H](n2cnc3c(=O)[nH]c(N)nc32)[C@H](F)[C@@H]1O)O[C@H]1[C@@H](F)[C@H](n2ccc(N)nc2=O)O[C@@H]1COP(O)(=S)O[C@H]1[C@@H](F)[C@H](n2ccc(=O)[nH]c2=O)O[C@@H]1COP(=O)(S)O[C@H]1[C@@H](F)[C@H](n2ccc(N)nc2=O)O[C@@H]1CO. The van der Waals surface area contributed by atoms with Crippen LogP contribution in [0, 0.1) is 0 Å². The number of aromatic nitrogens is 12. The molecule has 0 aromatic carbocycles. The molecule has 0 spiro atoms. The first-order valence-corrected chi connectivity index (χ1v) is 40.6. The number of alkyl halides is 5. The Morgan fingerprint density at radius 1 is 0.570 bits per heavy atom. The first-order chi connectivity index (χ1) is 50.4. The predicted octanol–water partition coefficient (Wildman–Crippen LogP) is -2.28. The van der Waals surface area contributed by atoms with Gasteiger partial charge in [0.15, 0.2) is 73.2 Å². The first kappa shape index (κ1) is 79.8. The van der Waals surface area contributed by atoms with E-state index in [0.29, 0.717) is 18.3 Å². The van der Waals surface area contributed by atoms with Crippen LogP contribution >= 0.6 is 40.2 Å². The molecule has 14 N–H and O–H groups in total. The van der Waals surface area contributed by atoms with Crippen molar-refractivity contribution in [3.63, 3.8) is 0 Å². The Hall–Kier alpha value is -6.78. The molecule has 0 radical (unpaired) electrons. The fraction of sp³-hybridized carbons (Fsp3) is 0.569. The van der Waals surface area contributed by atoms with E-state index in [1.54, 1.807) is 0 Å². The largest absolute Gasteiger partial charge is 0.457 e. The molecule has 0 amide bonds. The highest BCUT2D eigenvalue weighted by Crippen LogP contribution is 2.60. The number of anilines is 4. The molecule has 6 aromatic rings. The molecule has 12 rings (SSSR count). The van der Waals surface area contributed by atoms with E-state index in [0.717, 1.165) is 59.9 Å². The van der Waals surface area contributed by atoms with Gasteiger partial charge in [-0.15, -0.1) is 4.76 Å². The van der Waals surface area contributed by atoms with E-state index in [4.69, 9.17) is 106 Å². The molecule has 586 valence electrons. The Kier molecular flexibility index (Phi) is 23.5. The van der Waals surface area contributed by atoms with E-state index in [2.05, 4.69) is 46.9 Å². The summed E-state index contributed by atoms with van der Waals surface area (Å²) in [6.45, 7) is -20.4. The average molecular weight is 1660 g/mol. The van der Waals surface area contributed by atoms with Crippen LogP contribution < -0.4 is 56.8 Å². The Morgan fingerprint density at radius 2 is 0.981 bits per heavy atom. The number of likely N-dealkylation sites (N-methyl/N-ethyl adjacent to an activating group) is 2. The highest BCUT2D eigenvalue weighted by molar-refractivity contribution is 8.44. The van der Waals surface area contributed by atoms with Crippen molar-refractivity contribution in [1.29, 1.82) is 0 Å². The number of aliphatic hydroxyl groups is 2. The zero-order valence-corrected chi connectivity index (χ0v) is 60.7. The molecule has 6 aliphatic rings. The van der Waals surface area contributed by atoms with Gasteiger partial charge in [0, 0.05) is 58.0 Å². The van der Waals surface area contributed by atoms with Crippen molar-refractivity contribution in [3.8, 4) is 0 Å². The van der Waals surface area contributed by atoms with Crippen LogP contribution in [0.2, 0.25) is 0 Å². The number of nitrogens with two attached hydrogens (primary N) is 4. The maximum Gasteiger partial charge on any atom is 0.457 e. The van der Waals surface area contributed by atoms with Crippen molar-refractivity contribution in [2.75, 3.05) is 83.2 Å². The second kappa shape index (κ2) is 31.5. The molecular formula is C51H64F5N19O25P4S3. The van der Waals surface area contributed by atoms with E-state index in [1.807, 2.05) is 4.98 Å². The Balaban J connectivity index is 0.800. The number of imidazole rings is 1. The van der Waals surface area contributed by atoms with Crippen LogP contribution in [0.3, 0.4) is 0 Å². The van der Waals surface area contributed by atoms with Crippen molar-refractivity contribution in [3.05, 3.63) is 118 Å². The number of ether oxygens (including phenoxy) is 5. The predicted molar refractivity (Wildman–Crippen MR) is 363 cm³/mol. The third-order valence-corrected chi connectivity index (χ3v) is 23.2. The summed E-state index contributed by atoms with van der Waals surface area (Å²) < 4.78 is 195. The molecule has 44 nitrogen and oxygen atoms in total. The topological polar surface area (TPSA) is 581 Å². The summed E-state index contributed by atoms with van der Waals surface area (Å²) in [5, 5.41) is 21.1. The second-order valence-electron chi connectivity index (χ2n) is 24.2. The summed E-state index contributed by atoms with van der Waals surface area (Å²) in [5.74, 6) is -1.48. The van der Waals surface area contributed by atoms with Crippen LogP contribution in [0.15, 0.2) is 88.9 Å². The van der Waals surface area contributed by atoms with Gasteiger partial charge in [0.2, 0.25) is 11.9 Å². The zero-order valence-electron chi connectivity index (χ0n) is 54.6. The lowest BCUT2D eigenvalue weighted by Crippen LogP contribution is -2.37. The number of hydrogen-bond donors (Lipinski definition) is 11. The number of aromatic amines is 2. The first-order valence-electron chi connectivity index (χ1n) is 31.2. The lowest BCUT2D eigenvalue weighted by atomic mass is 10.1. The third kappa shape index (κ3) is 17.1. The lowest BCUT2D eigenvalue weighted by Gasteiger charge is -2.28. The molecule has 24 atom stereocenters. The van der Waals surface area contributed by atoms with Gasteiger partial charge in [-0.05, 0) is 41.8 Å². The smallest absolute Gasteiger partial charge is 0.394 e. The van der Waals surface area contributed by atoms with Gasteiger partial charge in [0.25, 0.3) is 11.1 Å². The van der Waals surface area contributed by atoms with Crippen LogP contribution in [-0.2, 0) is 92.6 Å². The van der Waals surface area contributed by atoms with Crippen molar-refractivity contribution in [2.24, 2.45) is 4.76 Å². The van der Waals surface area contributed by atoms with Gasteiger partial charge in [-0.2, -0.15) is 19.9 Å². The van der Waals surface area contributed by atoms with Crippen molar-refractivity contribution < 1.29 is 111 Å². The van der Waals surface area contributed by atoms with Gasteiger partial charge in [-0.1, -0.05) is 12.2 Å². The molecule has 12 heterocycles. The van der Waals surface area contributed by atoms with Crippen LogP contribution in [0.4, 0.5) is 45.4 Å². The van der Waals surface area contributed by atoms with Crippen LogP contribution in [-0.4, -0.2) is 246 Å². The van der Waals surface area contributed by atoms with Gasteiger partial charge >= 0.3 is 50.7 Å². The molecule has 0 saturated carbocycles. The molecule has 3 unspecified atom stereocenters. The third-order valence-electron chi connectivity index (χ3n) is 17.1. The average Bonchev–Trinajstić information content (AvgIpc) is 1.61.